The molecule has 0 bridgehead atoms. The number of halogens is 1. The molecule has 0 radical (unpaired) electrons. The molecule has 7 nitrogen and oxygen atoms in total. The fourth-order valence-electron chi connectivity index (χ4n) is 3.86. The quantitative estimate of drug-likeness (QED) is 0.465. The van der Waals surface area contributed by atoms with E-state index >= 15 is 0 Å². The summed E-state index contributed by atoms with van der Waals surface area (Å²) in [5.74, 6) is -0.569. The lowest BCUT2D eigenvalue weighted by Crippen LogP contribution is -2.42. The predicted molar refractivity (Wildman–Crippen MR) is 116 cm³/mol. The molecule has 0 unspecified atom stereocenters. The number of carbonyl (C=O) groups is 3. The molecule has 1 saturated carbocycles. The first-order valence-electron chi connectivity index (χ1n) is 10.3. The number of anilines is 2. The van der Waals surface area contributed by atoms with Crippen LogP contribution in [0.5, 0.6) is 0 Å². The van der Waals surface area contributed by atoms with Gasteiger partial charge in [-0.15, -0.1) is 12.4 Å². The van der Waals surface area contributed by atoms with E-state index in [1.54, 1.807) is 12.1 Å². The zero-order chi connectivity index (χ0) is 19.8. The van der Waals surface area contributed by atoms with Gasteiger partial charge in [0.15, 0.2) is 0 Å². The highest BCUT2D eigenvalue weighted by Crippen LogP contribution is 2.29. The second kappa shape index (κ2) is 11.8. The van der Waals surface area contributed by atoms with Gasteiger partial charge in [-0.2, -0.15) is 0 Å². The number of rotatable bonds is 7. The van der Waals surface area contributed by atoms with Gasteiger partial charge >= 0.3 is 0 Å². The molecular weight excluding hydrogens is 392 g/mol. The minimum absolute atomic E-state index is 0. The lowest BCUT2D eigenvalue weighted by Gasteiger charge is -2.29. The number of amides is 3. The van der Waals surface area contributed by atoms with Crippen LogP contribution in [0.3, 0.4) is 0 Å². The molecule has 0 atom stereocenters. The van der Waals surface area contributed by atoms with Crippen molar-refractivity contribution in [2.24, 2.45) is 0 Å². The highest BCUT2D eigenvalue weighted by atomic mass is 35.5. The molecule has 3 amide bonds. The van der Waals surface area contributed by atoms with Gasteiger partial charge < -0.3 is 20.9 Å². The fourth-order valence-corrected chi connectivity index (χ4v) is 3.86. The summed E-state index contributed by atoms with van der Waals surface area (Å²) in [6.07, 6.45) is 7.86. The summed E-state index contributed by atoms with van der Waals surface area (Å²) >= 11 is 0. The minimum Gasteiger partial charge on any atom is -0.355 e. The van der Waals surface area contributed by atoms with Gasteiger partial charge in [-0.05, 0) is 25.0 Å². The zero-order valence-corrected chi connectivity index (χ0v) is 17.6. The van der Waals surface area contributed by atoms with E-state index in [9.17, 15) is 14.4 Å². The van der Waals surface area contributed by atoms with Crippen molar-refractivity contribution in [1.82, 2.24) is 10.6 Å². The highest BCUT2D eigenvalue weighted by Gasteiger charge is 2.26. The normalized spacial score (nSPS) is 16.8. The summed E-state index contributed by atoms with van der Waals surface area (Å²) in [4.78, 5) is 37.9. The molecular formula is C21H31ClN4O3. The summed E-state index contributed by atoms with van der Waals surface area (Å²) in [5.41, 5.74) is 1.31. The van der Waals surface area contributed by atoms with Crippen LogP contribution in [0.25, 0.3) is 0 Å². The molecule has 1 fully saturated rings. The van der Waals surface area contributed by atoms with Crippen molar-refractivity contribution in [3.05, 3.63) is 24.3 Å². The molecule has 0 aromatic heterocycles. The van der Waals surface area contributed by atoms with E-state index in [4.69, 9.17) is 0 Å². The summed E-state index contributed by atoms with van der Waals surface area (Å²) in [7, 11) is 0. The first-order valence-corrected chi connectivity index (χ1v) is 10.3. The van der Waals surface area contributed by atoms with Crippen molar-refractivity contribution in [2.75, 3.05) is 29.9 Å². The standard InChI is InChI=1S/C21H30N4O3.ClH/c26-19(23-14-13-22-16-7-3-1-2-4-8-16)11-12-21(28)25-15-20(27)24-17-9-5-6-10-18(17)25;/h5-6,9-10,16,22H,1-4,7-8,11-15H2,(H,23,26)(H,24,27);1H. The summed E-state index contributed by atoms with van der Waals surface area (Å²) in [6.45, 7) is 1.31. The average molecular weight is 423 g/mol. The Morgan fingerprint density at radius 2 is 1.76 bits per heavy atom. The average Bonchev–Trinajstić information content (AvgIpc) is 2.97. The molecule has 3 rings (SSSR count). The number of nitrogens with one attached hydrogen (secondary N) is 3. The maximum Gasteiger partial charge on any atom is 0.244 e. The van der Waals surface area contributed by atoms with E-state index in [1.807, 2.05) is 12.1 Å². The Balaban J connectivity index is 0.00000300. The topological polar surface area (TPSA) is 90.5 Å². The first kappa shape index (κ1) is 23.2. The van der Waals surface area contributed by atoms with E-state index in [0.29, 0.717) is 24.0 Å². The SMILES string of the molecule is Cl.O=C(CCC(=O)N1CC(=O)Nc2ccccc21)NCCNC1CCCCCC1. The third kappa shape index (κ3) is 7.01. The van der Waals surface area contributed by atoms with Crippen LogP contribution in [0, 0.1) is 0 Å². The van der Waals surface area contributed by atoms with Gasteiger partial charge in [0.05, 0.1) is 11.4 Å². The number of fused-ring (bicyclic) bond motifs is 1. The Morgan fingerprint density at radius 3 is 2.52 bits per heavy atom. The lowest BCUT2D eigenvalue weighted by atomic mass is 10.1. The second-order valence-corrected chi connectivity index (χ2v) is 7.54. The van der Waals surface area contributed by atoms with Crippen molar-refractivity contribution < 1.29 is 14.4 Å². The summed E-state index contributed by atoms with van der Waals surface area (Å²) < 4.78 is 0. The monoisotopic (exact) mass is 422 g/mol. The molecule has 1 aromatic carbocycles. The van der Waals surface area contributed by atoms with Crippen LogP contribution in [-0.4, -0.2) is 43.4 Å². The maximum absolute atomic E-state index is 12.5. The zero-order valence-electron chi connectivity index (χ0n) is 16.7. The number of carbonyl (C=O) groups excluding carboxylic acids is 3. The number of hydrogen-bond acceptors (Lipinski definition) is 4. The molecule has 1 aromatic rings. The number of para-hydroxylation sites is 2. The van der Waals surface area contributed by atoms with Gasteiger partial charge in [0, 0.05) is 32.0 Å². The van der Waals surface area contributed by atoms with Crippen LogP contribution in [0.1, 0.15) is 51.4 Å². The van der Waals surface area contributed by atoms with Crippen LogP contribution in [-0.2, 0) is 14.4 Å². The molecule has 3 N–H and O–H groups in total. The van der Waals surface area contributed by atoms with Crippen LogP contribution in [0.4, 0.5) is 11.4 Å². The van der Waals surface area contributed by atoms with Gasteiger partial charge in [-0.25, -0.2) is 0 Å². The molecule has 8 heteroatoms. The molecule has 1 aliphatic heterocycles. The van der Waals surface area contributed by atoms with Crippen LogP contribution in [0.2, 0.25) is 0 Å². The third-order valence-electron chi connectivity index (χ3n) is 5.37. The molecule has 29 heavy (non-hydrogen) atoms. The van der Waals surface area contributed by atoms with E-state index < -0.39 is 0 Å². The van der Waals surface area contributed by atoms with E-state index in [0.717, 1.165) is 6.54 Å². The Morgan fingerprint density at radius 1 is 1.03 bits per heavy atom. The van der Waals surface area contributed by atoms with E-state index in [1.165, 1.54) is 43.4 Å². The number of hydrogen-bond donors (Lipinski definition) is 3. The van der Waals surface area contributed by atoms with Crippen molar-refractivity contribution in [3.63, 3.8) is 0 Å². The summed E-state index contributed by atoms with van der Waals surface area (Å²) in [5, 5.41) is 9.14. The number of benzene rings is 1. The highest BCUT2D eigenvalue weighted by molar-refractivity contribution is 6.10. The molecule has 0 spiro atoms. The van der Waals surface area contributed by atoms with Gasteiger partial charge in [0.25, 0.3) is 0 Å². The number of nitrogens with zero attached hydrogens (tertiary/aromatic N) is 1. The Labute approximate surface area is 178 Å². The van der Waals surface area contributed by atoms with Crippen molar-refractivity contribution in [3.8, 4) is 0 Å². The van der Waals surface area contributed by atoms with Gasteiger partial charge in [-0.1, -0.05) is 37.8 Å². The van der Waals surface area contributed by atoms with Crippen LogP contribution >= 0.6 is 12.4 Å². The lowest BCUT2D eigenvalue weighted by molar-refractivity contribution is -0.125. The Hall–Kier alpha value is -2.12. The van der Waals surface area contributed by atoms with Gasteiger partial charge in [0.1, 0.15) is 6.54 Å². The largest absolute Gasteiger partial charge is 0.355 e. The van der Waals surface area contributed by atoms with Crippen molar-refractivity contribution in [2.45, 2.75) is 57.4 Å². The smallest absolute Gasteiger partial charge is 0.244 e. The fraction of sp³-hybridized carbons (Fsp3) is 0.571. The van der Waals surface area contributed by atoms with Crippen molar-refractivity contribution >= 4 is 41.5 Å². The minimum atomic E-state index is -0.221. The van der Waals surface area contributed by atoms with Crippen LogP contribution < -0.4 is 20.9 Å². The third-order valence-corrected chi connectivity index (χ3v) is 5.37. The Bertz CT molecular complexity index is 705. The second-order valence-electron chi connectivity index (χ2n) is 7.54. The van der Waals surface area contributed by atoms with Gasteiger partial charge in [-0.3, -0.25) is 14.4 Å². The molecule has 0 saturated heterocycles. The van der Waals surface area contributed by atoms with Crippen LogP contribution in [0.15, 0.2) is 24.3 Å². The first-order chi connectivity index (χ1) is 13.6. The summed E-state index contributed by atoms with van der Waals surface area (Å²) in [6, 6.07) is 7.76. The predicted octanol–water partition coefficient (Wildman–Crippen LogP) is 2.60. The molecule has 2 aliphatic rings. The van der Waals surface area contributed by atoms with E-state index in [-0.39, 0.29) is 49.5 Å². The molecule has 1 aliphatic carbocycles. The molecule has 160 valence electrons. The van der Waals surface area contributed by atoms with E-state index in [2.05, 4.69) is 16.0 Å². The molecule has 1 heterocycles. The van der Waals surface area contributed by atoms with Gasteiger partial charge in [0.2, 0.25) is 17.7 Å². The Kier molecular flexibility index (Phi) is 9.41. The maximum atomic E-state index is 12.5. The van der Waals surface area contributed by atoms with Crippen molar-refractivity contribution in [1.29, 1.82) is 0 Å².